The number of fused-ring (bicyclic) bond motifs is 1. The summed E-state index contributed by atoms with van der Waals surface area (Å²) in [5.74, 6) is -1.08. The van der Waals surface area contributed by atoms with Crippen molar-refractivity contribution in [1.29, 1.82) is 0 Å². The lowest BCUT2D eigenvalue weighted by atomic mass is 10.2. The molecule has 1 aromatic heterocycles. The molecule has 0 saturated carbocycles. The number of carbonyl (C=O) groups is 3. The summed E-state index contributed by atoms with van der Waals surface area (Å²) in [7, 11) is 0. The summed E-state index contributed by atoms with van der Waals surface area (Å²) in [5, 5.41) is 0. The molecule has 1 heterocycles. The third kappa shape index (κ3) is 4.35. The standard InChI is InChI=1S/C20H21N5O3/c21-17(26)12-24(13-18(22)27)20(28)11-10-19-23-15-8-4-5-9-16(15)25(19)14-6-2-1-3-7-14/h1-9H,10-13H2,(H2,21,26)(H2,22,27). The minimum atomic E-state index is -0.703. The summed E-state index contributed by atoms with van der Waals surface area (Å²) in [6.45, 7) is -0.701. The molecule has 8 nitrogen and oxygen atoms in total. The van der Waals surface area contributed by atoms with Crippen molar-refractivity contribution in [3.8, 4) is 5.69 Å². The number of imidazole rings is 1. The number of hydrogen-bond acceptors (Lipinski definition) is 4. The van der Waals surface area contributed by atoms with Crippen LogP contribution in [0.5, 0.6) is 0 Å². The highest BCUT2D eigenvalue weighted by molar-refractivity contribution is 5.88. The van der Waals surface area contributed by atoms with E-state index in [2.05, 4.69) is 4.98 Å². The van der Waals surface area contributed by atoms with E-state index in [0.29, 0.717) is 12.2 Å². The number of carbonyl (C=O) groups excluding carboxylic acids is 3. The topological polar surface area (TPSA) is 124 Å². The van der Waals surface area contributed by atoms with Gasteiger partial charge in [-0.3, -0.25) is 19.0 Å². The van der Waals surface area contributed by atoms with Gasteiger partial charge in [-0.2, -0.15) is 0 Å². The smallest absolute Gasteiger partial charge is 0.237 e. The molecular formula is C20H21N5O3. The van der Waals surface area contributed by atoms with Gasteiger partial charge in [0.05, 0.1) is 24.1 Å². The number of rotatable bonds is 8. The third-order valence-corrected chi connectivity index (χ3v) is 4.25. The fraction of sp³-hybridized carbons (Fsp3) is 0.200. The van der Waals surface area contributed by atoms with Crippen LogP contribution in [0.2, 0.25) is 0 Å². The van der Waals surface area contributed by atoms with E-state index in [9.17, 15) is 14.4 Å². The van der Waals surface area contributed by atoms with Crippen LogP contribution in [-0.2, 0) is 20.8 Å². The van der Waals surface area contributed by atoms with Gasteiger partial charge in [-0.15, -0.1) is 0 Å². The maximum atomic E-state index is 12.5. The largest absolute Gasteiger partial charge is 0.368 e. The van der Waals surface area contributed by atoms with Gasteiger partial charge in [-0.25, -0.2) is 4.98 Å². The van der Waals surface area contributed by atoms with Crippen LogP contribution in [-0.4, -0.2) is 45.3 Å². The highest BCUT2D eigenvalue weighted by Gasteiger charge is 2.20. The molecule has 3 rings (SSSR count). The van der Waals surface area contributed by atoms with E-state index in [0.717, 1.165) is 21.6 Å². The Kier molecular flexibility index (Phi) is 5.69. The lowest BCUT2D eigenvalue weighted by molar-refractivity contribution is -0.138. The Morgan fingerprint density at radius 2 is 1.50 bits per heavy atom. The zero-order chi connectivity index (χ0) is 20.1. The van der Waals surface area contributed by atoms with Gasteiger partial charge in [0.25, 0.3) is 0 Å². The van der Waals surface area contributed by atoms with Crippen molar-refractivity contribution in [2.24, 2.45) is 11.5 Å². The number of hydrogen-bond donors (Lipinski definition) is 2. The molecular weight excluding hydrogens is 358 g/mol. The van der Waals surface area contributed by atoms with Crippen molar-refractivity contribution in [2.75, 3.05) is 13.1 Å². The zero-order valence-corrected chi connectivity index (χ0v) is 15.2. The first-order chi connectivity index (χ1) is 13.5. The molecule has 0 aliphatic rings. The van der Waals surface area contributed by atoms with Crippen LogP contribution in [0.4, 0.5) is 0 Å². The first kappa shape index (κ1) is 19.1. The minimum absolute atomic E-state index is 0.0662. The van der Waals surface area contributed by atoms with Gasteiger partial charge in [0.2, 0.25) is 17.7 Å². The van der Waals surface area contributed by atoms with Gasteiger partial charge in [-0.1, -0.05) is 30.3 Å². The van der Waals surface area contributed by atoms with Crippen molar-refractivity contribution in [3.63, 3.8) is 0 Å². The molecule has 0 unspecified atom stereocenters. The van der Waals surface area contributed by atoms with E-state index in [1.807, 2.05) is 59.2 Å². The van der Waals surface area contributed by atoms with Gasteiger partial charge in [0.1, 0.15) is 5.82 Å². The van der Waals surface area contributed by atoms with Crippen molar-refractivity contribution in [3.05, 3.63) is 60.4 Å². The Morgan fingerprint density at radius 3 is 2.14 bits per heavy atom. The van der Waals surface area contributed by atoms with Crippen LogP contribution in [0, 0.1) is 0 Å². The predicted octanol–water partition coefficient (Wildman–Crippen LogP) is 0.757. The maximum Gasteiger partial charge on any atom is 0.237 e. The fourth-order valence-electron chi connectivity index (χ4n) is 3.09. The van der Waals surface area contributed by atoms with Crippen LogP contribution in [0.25, 0.3) is 16.7 Å². The minimum Gasteiger partial charge on any atom is -0.368 e. The predicted molar refractivity (Wildman–Crippen MR) is 104 cm³/mol. The van der Waals surface area contributed by atoms with Crippen molar-refractivity contribution in [1.82, 2.24) is 14.5 Å². The van der Waals surface area contributed by atoms with E-state index in [1.54, 1.807) is 0 Å². The SMILES string of the molecule is NC(=O)CN(CC(N)=O)C(=O)CCc1nc2ccccc2n1-c1ccccc1. The number of primary amides is 2. The monoisotopic (exact) mass is 379 g/mol. The molecule has 0 spiro atoms. The first-order valence-corrected chi connectivity index (χ1v) is 8.82. The van der Waals surface area contributed by atoms with Crippen molar-refractivity contribution < 1.29 is 14.4 Å². The second-order valence-electron chi connectivity index (χ2n) is 6.37. The molecule has 0 aliphatic carbocycles. The Balaban J connectivity index is 1.87. The van der Waals surface area contributed by atoms with Crippen LogP contribution in [0.15, 0.2) is 54.6 Å². The molecule has 0 radical (unpaired) electrons. The number of aromatic nitrogens is 2. The second-order valence-corrected chi connectivity index (χ2v) is 6.37. The number of amides is 3. The Hall–Kier alpha value is -3.68. The molecule has 0 atom stereocenters. The van der Waals surface area contributed by atoms with Gasteiger partial charge in [0, 0.05) is 18.5 Å². The molecule has 2 aromatic carbocycles. The van der Waals surface area contributed by atoms with E-state index >= 15 is 0 Å². The number of nitrogens with two attached hydrogens (primary N) is 2. The summed E-state index contributed by atoms with van der Waals surface area (Å²) < 4.78 is 2.00. The van der Waals surface area contributed by atoms with Crippen LogP contribution in [0.1, 0.15) is 12.2 Å². The highest BCUT2D eigenvalue weighted by Crippen LogP contribution is 2.22. The zero-order valence-electron chi connectivity index (χ0n) is 15.2. The van der Waals surface area contributed by atoms with Crippen LogP contribution >= 0.6 is 0 Å². The van der Waals surface area contributed by atoms with Crippen LogP contribution < -0.4 is 11.5 Å². The third-order valence-electron chi connectivity index (χ3n) is 4.25. The highest BCUT2D eigenvalue weighted by atomic mass is 16.2. The van der Waals surface area contributed by atoms with E-state index in [-0.39, 0.29) is 25.4 Å². The maximum absolute atomic E-state index is 12.5. The molecule has 0 aliphatic heterocycles. The summed E-state index contributed by atoms with van der Waals surface area (Å²) in [5.41, 5.74) is 13.0. The molecule has 4 N–H and O–H groups in total. The van der Waals surface area contributed by atoms with Crippen molar-refractivity contribution >= 4 is 28.8 Å². The number of benzene rings is 2. The Bertz CT molecular complexity index is 997. The van der Waals surface area contributed by atoms with Gasteiger partial charge in [-0.05, 0) is 24.3 Å². The molecule has 28 heavy (non-hydrogen) atoms. The van der Waals surface area contributed by atoms with Crippen LogP contribution in [0.3, 0.4) is 0 Å². The second kappa shape index (κ2) is 8.34. The van der Waals surface area contributed by atoms with E-state index in [4.69, 9.17) is 11.5 Å². The van der Waals surface area contributed by atoms with Gasteiger partial charge in [0.15, 0.2) is 0 Å². The normalized spacial score (nSPS) is 10.7. The Morgan fingerprint density at radius 1 is 0.893 bits per heavy atom. The average molecular weight is 379 g/mol. The summed E-state index contributed by atoms with van der Waals surface area (Å²) >= 11 is 0. The summed E-state index contributed by atoms with van der Waals surface area (Å²) in [4.78, 5) is 40.6. The quantitative estimate of drug-likeness (QED) is 0.599. The van der Waals surface area contributed by atoms with E-state index in [1.165, 1.54) is 0 Å². The number of para-hydroxylation sites is 3. The Labute approximate surface area is 161 Å². The average Bonchev–Trinajstić information content (AvgIpc) is 3.04. The van der Waals surface area contributed by atoms with E-state index < -0.39 is 11.8 Å². The molecule has 144 valence electrons. The number of aryl methyl sites for hydroxylation is 1. The van der Waals surface area contributed by atoms with Gasteiger partial charge >= 0.3 is 0 Å². The van der Waals surface area contributed by atoms with Crippen molar-refractivity contribution in [2.45, 2.75) is 12.8 Å². The summed E-state index contributed by atoms with van der Waals surface area (Å²) in [6.07, 6.45) is 0.396. The lowest BCUT2D eigenvalue weighted by Gasteiger charge is -2.19. The number of nitrogens with zero attached hydrogens (tertiary/aromatic N) is 3. The molecule has 8 heteroatoms. The summed E-state index contributed by atoms with van der Waals surface area (Å²) in [6, 6.07) is 17.4. The molecule has 0 saturated heterocycles. The molecule has 3 amide bonds. The van der Waals surface area contributed by atoms with Gasteiger partial charge < -0.3 is 16.4 Å². The fourth-order valence-corrected chi connectivity index (χ4v) is 3.09. The first-order valence-electron chi connectivity index (χ1n) is 8.82. The molecule has 3 aromatic rings. The molecule has 0 bridgehead atoms. The lowest BCUT2D eigenvalue weighted by Crippen LogP contribution is -2.43. The molecule has 0 fully saturated rings.